The van der Waals surface area contributed by atoms with Crippen LogP contribution in [0.25, 0.3) is 0 Å². The zero-order valence-corrected chi connectivity index (χ0v) is 10.0. The average Bonchev–Trinajstić information content (AvgIpc) is 2.65. The lowest BCUT2D eigenvalue weighted by atomic mass is 9.88. The third kappa shape index (κ3) is 3.21. The summed E-state index contributed by atoms with van der Waals surface area (Å²) in [5.74, 6) is 3.18. The number of aromatic nitrogens is 2. The molecule has 1 atom stereocenters. The lowest BCUT2D eigenvalue weighted by molar-refractivity contribution is 0.314. The van der Waals surface area contributed by atoms with Gasteiger partial charge in [0.05, 0.1) is 6.54 Å². The third-order valence-corrected chi connectivity index (χ3v) is 4.19. The SMILES string of the molecule is CC1(C)CSCC(NCc2ncon2)C1. The van der Waals surface area contributed by atoms with E-state index in [1.54, 1.807) is 0 Å². The van der Waals surface area contributed by atoms with Crippen molar-refractivity contribution in [3.05, 3.63) is 12.2 Å². The fraction of sp³-hybridized carbons (Fsp3) is 0.800. The van der Waals surface area contributed by atoms with Crippen LogP contribution < -0.4 is 5.32 Å². The molecule has 1 aliphatic heterocycles. The molecule has 5 heteroatoms. The van der Waals surface area contributed by atoms with Crippen LogP contribution in [0, 0.1) is 5.41 Å². The van der Waals surface area contributed by atoms with Gasteiger partial charge in [-0.2, -0.15) is 16.7 Å². The van der Waals surface area contributed by atoms with Gasteiger partial charge in [-0.05, 0) is 17.6 Å². The molecule has 1 N–H and O–H groups in total. The smallest absolute Gasteiger partial charge is 0.213 e. The molecule has 0 radical (unpaired) electrons. The molecule has 84 valence electrons. The van der Waals surface area contributed by atoms with Crippen LogP contribution in [-0.4, -0.2) is 27.7 Å². The quantitative estimate of drug-likeness (QED) is 0.851. The van der Waals surface area contributed by atoms with Crippen molar-refractivity contribution < 1.29 is 4.52 Å². The largest absolute Gasteiger partial charge is 0.343 e. The van der Waals surface area contributed by atoms with E-state index >= 15 is 0 Å². The molecule has 0 aliphatic carbocycles. The first-order valence-corrected chi connectivity index (χ1v) is 6.38. The van der Waals surface area contributed by atoms with E-state index in [0.29, 0.717) is 18.0 Å². The minimum atomic E-state index is 0.442. The van der Waals surface area contributed by atoms with Gasteiger partial charge in [0.25, 0.3) is 0 Å². The van der Waals surface area contributed by atoms with Crippen LogP contribution in [0.4, 0.5) is 0 Å². The summed E-state index contributed by atoms with van der Waals surface area (Å²) < 4.78 is 4.69. The normalized spacial score (nSPS) is 25.3. The van der Waals surface area contributed by atoms with E-state index in [2.05, 4.69) is 33.8 Å². The summed E-state index contributed by atoms with van der Waals surface area (Å²) >= 11 is 2.02. The Morgan fingerprint density at radius 2 is 2.53 bits per heavy atom. The van der Waals surface area contributed by atoms with Crippen molar-refractivity contribution in [2.24, 2.45) is 5.41 Å². The van der Waals surface area contributed by atoms with Crippen LogP contribution in [-0.2, 0) is 6.54 Å². The zero-order valence-electron chi connectivity index (χ0n) is 9.19. The molecule has 1 aromatic rings. The van der Waals surface area contributed by atoms with Gasteiger partial charge in [-0.1, -0.05) is 19.0 Å². The van der Waals surface area contributed by atoms with Crippen LogP contribution in [0.2, 0.25) is 0 Å². The first kappa shape index (κ1) is 11.0. The molecule has 2 heterocycles. The minimum Gasteiger partial charge on any atom is -0.343 e. The Bertz CT molecular complexity index is 300. The third-order valence-electron chi connectivity index (χ3n) is 2.57. The van der Waals surface area contributed by atoms with Crippen LogP contribution in [0.5, 0.6) is 0 Å². The summed E-state index contributed by atoms with van der Waals surface area (Å²) in [5.41, 5.74) is 0.442. The molecule has 0 saturated carbocycles. The van der Waals surface area contributed by atoms with Crippen molar-refractivity contribution in [2.75, 3.05) is 11.5 Å². The highest BCUT2D eigenvalue weighted by molar-refractivity contribution is 7.99. The molecule has 0 amide bonds. The maximum Gasteiger partial charge on any atom is 0.213 e. The fourth-order valence-electron chi connectivity index (χ4n) is 1.90. The summed E-state index contributed by atoms with van der Waals surface area (Å²) in [6.07, 6.45) is 2.59. The molecule has 1 saturated heterocycles. The molecule has 1 aromatic heterocycles. The maximum absolute atomic E-state index is 4.69. The average molecular weight is 227 g/mol. The van der Waals surface area contributed by atoms with Gasteiger partial charge in [0.1, 0.15) is 0 Å². The Kier molecular flexibility index (Phi) is 3.31. The van der Waals surface area contributed by atoms with Crippen molar-refractivity contribution in [3.63, 3.8) is 0 Å². The maximum atomic E-state index is 4.69. The summed E-state index contributed by atoms with van der Waals surface area (Å²) in [7, 11) is 0. The Morgan fingerprint density at radius 1 is 1.67 bits per heavy atom. The van der Waals surface area contributed by atoms with E-state index in [-0.39, 0.29) is 0 Å². The van der Waals surface area contributed by atoms with Gasteiger partial charge in [-0.25, -0.2) is 0 Å². The second-order valence-electron chi connectivity index (χ2n) is 4.81. The van der Waals surface area contributed by atoms with Crippen molar-refractivity contribution >= 4 is 11.8 Å². The van der Waals surface area contributed by atoms with E-state index in [9.17, 15) is 0 Å². The fourth-order valence-corrected chi connectivity index (χ4v) is 3.21. The second kappa shape index (κ2) is 4.53. The van der Waals surface area contributed by atoms with Crippen LogP contribution in [0.3, 0.4) is 0 Å². The van der Waals surface area contributed by atoms with E-state index in [1.807, 2.05) is 11.8 Å². The van der Waals surface area contributed by atoms with Gasteiger partial charge in [-0.3, -0.25) is 0 Å². The predicted molar refractivity (Wildman–Crippen MR) is 60.6 cm³/mol. The number of hydrogen-bond acceptors (Lipinski definition) is 5. The lowest BCUT2D eigenvalue weighted by Gasteiger charge is -2.35. The van der Waals surface area contributed by atoms with Gasteiger partial charge < -0.3 is 9.84 Å². The van der Waals surface area contributed by atoms with Crippen LogP contribution in [0.1, 0.15) is 26.1 Å². The Hall–Kier alpha value is -0.550. The van der Waals surface area contributed by atoms with E-state index in [4.69, 9.17) is 0 Å². The molecule has 2 rings (SSSR count). The van der Waals surface area contributed by atoms with Crippen molar-refractivity contribution in [1.29, 1.82) is 0 Å². The molecule has 0 spiro atoms. The first-order chi connectivity index (χ1) is 7.16. The van der Waals surface area contributed by atoms with E-state index < -0.39 is 0 Å². The Labute approximate surface area is 94.2 Å². The molecule has 1 fully saturated rings. The second-order valence-corrected chi connectivity index (χ2v) is 5.84. The Morgan fingerprint density at radius 3 is 3.20 bits per heavy atom. The number of nitrogens with zero attached hydrogens (tertiary/aromatic N) is 2. The van der Waals surface area contributed by atoms with Crippen molar-refractivity contribution in [3.8, 4) is 0 Å². The molecule has 1 aliphatic rings. The molecule has 1 unspecified atom stereocenters. The summed E-state index contributed by atoms with van der Waals surface area (Å²) in [5, 5.41) is 7.26. The van der Waals surface area contributed by atoms with Gasteiger partial charge in [0.15, 0.2) is 5.82 Å². The number of rotatable bonds is 3. The van der Waals surface area contributed by atoms with Gasteiger partial charge >= 0.3 is 0 Å². The van der Waals surface area contributed by atoms with Crippen molar-refractivity contribution in [1.82, 2.24) is 15.5 Å². The number of hydrogen-bond donors (Lipinski definition) is 1. The van der Waals surface area contributed by atoms with E-state index in [1.165, 1.54) is 24.3 Å². The highest BCUT2D eigenvalue weighted by Crippen LogP contribution is 2.33. The Balaban J connectivity index is 1.80. The van der Waals surface area contributed by atoms with Gasteiger partial charge in [0.2, 0.25) is 6.39 Å². The van der Waals surface area contributed by atoms with Gasteiger partial charge in [-0.15, -0.1) is 0 Å². The lowest BCUT2D eigenvalue weighted by Crippen LogP contribution is -2.40. The summed E-state index contributed by atoms with van der Waals surface area (Å²) in [6, 6.07) is 0.567. The van der Waals surface area contributed by atoms with E-state index in [0.717, 1.165) is 5.82 Å². The molecule has 0 aromatic carbocycles. The van der Waals surface area contributed by atoms with Gasteiger partial charge in [0, 0.05) is 11.8 Å². The summed E-state index contributed by atoms with van der Waals surface area (Å²) in [6.45, 7) is 5.35. The molecular weight excluding hydrogens is 210 g/mol. The molecule has 4 nitrogen and oxygen atoms in total. The highest BCUT2D eigenvalue weighted by Gasteiger charge is 2.28. The standard InChI is InChI=1S/C10H17N3OS/c1-10(2)3-8(5-15-6-10)11-4-9-12-7-14-13-9/h7-8,11H,3-6H2,1-2H3. The predicted octanol–water partition coefficient (Wildman–Crippen LogP) is 1.69. The topological polar surface area (TPSA) is 51.0 Å². The molecule has 15 heavy (non-hydrogen) atoms. The number of nitrogens with one attached hydrogen (secondary N) is 1. The van der Waals surface area contributed by atoms with Crippen LogP contribution >= 0.6 is 11.8 Å². The molecular formula is C10H17N3OS. The summed E-state index contributed by atoms with van der Waals surface area (Å²) in [4.78, 5) is 3.99. The monoisotopic (exact) mass is 227 g/mol. The zero-order chi connectivity index (χ0) is 10.7. The van der Waals surface area contributed by atoms with Crippen LogP contribution in [0.15, 0.2) is 10.9 Å². The highest BCUT2D eigenvalue weighted by atomic mass is 32.2. The van der Waals surface area contributed by atoms with Crippen molar-refractivity contribution in [2.45, 2.75) is 32.9 Å². The molecule has 0 bridgehead atoms. The minimum absolute atomic E-state index is 0.442. The number of thioether (sulfide) groups is 1. The first-order valence-electron chi connectivity index (χ1n) is 5.22.